The Balaban J connectivity index is 1.56. The average Bonchev–Trinajstić information content (AvgIpc) is 3.01. The molecule has 8 nitrogen and oxygen atoms in total. The van der Waals surface area contributed by atoms with Crippen molar-refractivity contribution in [1.29, 1.82) is 0 Å². The van der Waals surface area contributed by atoms with Crippen LogP contribution in [0.2, 0.25) is 0 Å². The summed E-state index contributed by atoms with van der Waals surface area (Å²) in [5.41, 5.74) is 1.98. The van der Waals surface area contributed by atoms with Crippen molar-refractivity contribution >= 4 is 15.8 Å². The van der Waals surface area contributed by atoms with Gasteiger partial charge in [-0.05, 0) is 13.8 Å². The zero-order valence-electron chi connectivity index (χ0n) is 17.1. The molecule has 1 aliphatic rings. The second kappa shape index (κ2) is 7.77. The van der Waals surface area contributed by atoms with E-state index in [1.54, 1.807) is 42.6 Å². The highest BCUT2D eigenvalue weighted by atomic mass is 32.2. The first-order valence-electron chi connectivity index (χ1n) is 9.62. The van der Waals surface area contributed by atoms with Crippen LogP contribution in [0.3, 0.4) is 0 Å². The van der Waals surface area contributed by atoms with Gasteiger partial charge in [-0.1, -0.05) is 30.3 Å². The molecule has 3 aromatic rings. The molecule has 1 aliphatic heterocycles. The van der Waals surface area contributed by atoms with Crippen molar-refractivity contribution in [2.45, 2.75) is 18.7 Å². The summed E-state index contributed by atoms with van der Waals surface area (Å²) in [4.78, 5) is 10.2. The third-order valence-corrected chi connectivity index (χ3v) is 7.55. The second-order valence-corrected chi connectivity index (χ2v) is 9.12. The van der Waals surface area contributed by atoms with E-state index < -0.39 is 15.8 Å². The molecule has 30 heavy (non-hydrogen) atoms. The van der Waals surface area contributed by atoms with Crippen LogP contribution in [-0.4, -0.2) is 58.7 Å². The summed E-state index contributed by atoms with van der Waals surface area (Å²) >= 11 is 0. The molecular weight excluding hydrogens is 407 g/mol. The van der Waals surface area contributed by atoms with Crippen LogP contribution in [0.5, 0.6) is 0 Å². The van der Waals surface area contributed by atoms with Gasteiger partial charge in [0.2, 0.25) is 10.0 Å². The Labute approximate surface area is 175 Å². The summed E-state index contributed by atoms with van der Waals surface area (Å²) in [6.07, 6.45) is 1.34. The Morgan fingerprint density at radius 2 is 1.67 bits per heavy atom. The second-order valence-electron chi connectivity index (χ2n) is 7.24. The highest BCUT2D eigenvalue weighted by molar-refractivity contribution is 7.89. The summed E-state index contributed by atoms with van der Waals surface area (Å²) in [6, 6.07) is 9.08. The molecule has 0 spiro atoms. The molecule has 0 bridgehead atoms. The minimum absolute atomic E-state index is 0.189. The lowest BCUT2D eigenvalue weighted by atomic mass is 10.1. The van der Waals surface area contributed by atoms with E-state index >= 15 is 4.39 Å². The number of rotatable bonds is 4. The van der Waals surface area contributed by atoms with E-state index in [-0.39, 0.29) is 29.5 Å². The number of halogens is 1. The zero-order chi connectivity index (χ0) is 21.5. The maximum atomic E-state index is 15.1. The Kier molecular flexibility index (Phi) is 5.29. The van der Waals surface area contributed by atoms with Crippen LogP contribution in [0.1, 0.15) is 11.4 Å². The van der Waals surface area contributed by atoms with E-state index in [0.29, 0.717) is 30.0 Å². The van der Waals surface area contributed by atoms with Crippen molar-refractivity contribution in [2.24, 2.45) is 7.05 Å². The van der Waals surface area contributed by atoms with Gasteiger partial charge in [0.15, 0.2) is 11.6 Å². The molecule has 0 N–H and O–H groups in total. The van der Waals surface area contributed by atoms with Gasteiger partial charge in [-0.25, -0.2) is 22.8 Å². The number of nitrogens with zero attached hydrogens (tertiary/aromatic N) is 6. The Morgan fingerprint density at radius 1 is 1.00 bits per heavy atom. The van der Waals surface area contributed by atoms with Crippen LogP contribution in [0.15, 0.2) is 41.6 Å². The topological polar surface area (TPSA) is 84.2 Å². The van der Waals surface area contributed by atoms with Crippen molar-refractivity contribution in [3.63, 3.8) is 0 Å². The van der Waals surface area contributed by atoms with E-state index in [2.05, 4.69) is 15.1 Å². The first-order valence-corrected chi connectivity index (χ1v) is 11.1. The largest absolute Gasteiger partial charge is 0.351 e. The summed E-state index contributed by atoms with van der Waals surface area (Å²) in [7, 11) is -1.95. The molecule has 2 aromatic heterocycles. The molecule has 1 fully saturated rings. The van der Waals surface area contributed by atoms with Gasteiger partial charge >= 0.3 is 0 Å². The van der Waals surface area contributed by atoms with Gasteiger partial charge in [0.25, 0.3) is 0 Å². The number of hydrogen-bond donors (Lipinski definition) is 0. The third-order valence-electron chi connectivity index (χ3n) is 5.40. The number of aromatic nitrogens is 4. The molecule has 4 rings (SSSR count). The van der Waals surface area contributed by atoms with Crippen molar-refractivity contribution in [3.05, 3.63) is 53.9 Å². The third kappa shape index (κ3) is 3.46. The van der Waals surface area contributed by atoms with Crippen molar-refractivity contribution in [1.82, 2.24) is 24.1 Å². The number of piperazine rings is 1. The number of anilines is 1. The molecule has 10 heteroatoms. The first-order chi connectivity index (χ1) is 14.3. The Hall–Kier alpha value is -2.85. The van der Waals surface area contributed by atoms with Crippen LogP contribution >= 0.6 is 0 Å². The molecule has 0 unspecified atom stereocenters. The molecule has 0 radical (unpaired) electrons. The molecular formula is C20H23FN6O2S. The van der Waals surface area contributed by atoms with Crippen LogP contribution in [0.4, 0.5) is 10.2 Å². The number of sulfonamides is 1. The van der Waals surface area contributed by atoms with Gasteiger partial charge < -0.3 is 4.90 Å². The first kappa shape index (κ1) is 20.4. The van der Waals surface area contributed by atoms with Crippen molar-refractivity contribution < 1.29 is 12.8 Å². The monoisotopic (exact) mass is 430 g/mol. The van der Waals surface area contributed by atoms with E-state index in [1.807, 2.05) is 18.2 Å². The Morgan fingerprint density at radius 3 is 2.27 bits per heavy atom. The van der Waals surface area contributed by atoms with E-state index in [9.17, 15) is 8.42 Å². The molecule has 0 atom stereocenters. The van der Waals surface area contributed by atoms with Gasteiger partial charge in [0.05, 0.1) is 11.4 Å². The molecule has 158 valence electrons. The fraction of sp³-hybridized carbons (Fsp3) is 0.350. The standard InChI is InChI=1S/C20H23FN6O2S/c1-14-19(15(2)25(3)24-14)30(28,29)27-11-9-26(10-12-27)20-17(21)18(22-13-23-20)16-7-5-4-6-8-16/h4-8,13H,9-12H2,1-3H3. The smallest absolute Gasteiger partial charge is 0.246 e. The van der Waals surface area contributed by atoms with Crippen molar-refractivity contribution in [3.8, 4) is 11.3 Å². The zero-order valence-corrected chi connectivity index (χ0v) is 17.9. The molecule has 0 amide bonds. The molecule has 1 aromatic carbocycles. The summed E-state index contributed by atoms with van der Waals surface area (Å²) < 4.78 is 44.4. The molecule has 3 heterocycles. The van der Waals surface area contributed by atoms with E-state index in [4.69, 9.17) is 0 Å². The van der Waals surface area contributed by atoms with Gasteiger partial charge in [-0.15, -0.1) is 0 Å². The van der Waals surface area contributed by atoms with E-state index in [1.165, 1.54) is 10.6 Å². The summed E-state index contributed by atoms with van der Waals surface area (Å²) in [5.74, 6) is -0.311. The van der Waals surface area contributed by atoms with Crippen LogP contribution in [0, 0.1) is 19.7 Å². The minimum Gasteiger partial charge on any atom is -0.351 e. The van der Waals surface area contributed by atoms with Crippen LogP contribution < -0.4 is 4.90 Å². The Bertz CT molecular complexity index is 1170. The normalized spacial score (nSPS) is 15.5. The highest BCUT2D eigenvalue weighted by Gasteiger charge is 2.34. The van der Waals surface area contributed by atoms with E-state index in [0.717, 1.165) is 0 Å². The molecule has 0 aliphatic carbocycles. The van der Waals surface area contributed by atoms with Crippen LogP contribution in [0.25, 0.3) is 11.3 Å². The minimum atomic E-state index is -3.67. The molecule has 0 saturated carbocycles. The number of benzene rings is 1. The van der Waals surface area contributed by atoms with Gasteiger partial charge in [-0.3, -0.25) is 4.68 Å². The maximum absolute atomic E-state index is 15.1. The summed E-state index contributed by atoms with van der Waals surface area (Å²) in [5, 5.41) is 4.22. The SMILES string of the molecule is Cc1nn(C)c(C)c1S(=O)(=O)N1CCN(c2ncnc(-c3ccccc3)c2F)CC1. The lowest BCUT2D eigenvalue weighted by Gasteiger charge is -2.34. The van der Waals surface area contributed by atoms with Gasteiger partial charge in [0, 0.05) is 38.8 Å². The highest BCUT2D eigenvalue weighted by Crippen LogP contribution is 2.28. The van der Waals surface area contributed by atoms with Crippen LogP contribution in [-0.2, 0) is 17.1 Å². The van der Waals surface area contributed by atoms with Gasteiger partial charge in [-0.2, -0.15) is 9.40 Å². The quantitative estimate of drug-likeness (QED) is 0.631. The fourth-order valence-corrected chi connectivity index (χ4v) is 5.60. The fourth-order valence-electron chi connectivity index (χ4n) is 3.78. The van der Waals surface area contributed by atoms with Gasteiger partial charge in [0.1, 0.15) is 16.9 Å². The predicted octanol–water partition coefficient (Wildman–Crippen LogP) is 2.14. The number of hydrogen-bond acceptors (Lipinski definition) is 6. The van der Waals surface area contributed by atoms with Crippen molar-refractivity contribution in [2.75, 3.05) is 31.1 Å². The molecule has 1 saturated heterocycles. The average molecular weight is 431 g/mol. The maximum Gasteiger partial charge on any atom is 0.246 e. The lowest BCUT2D eigenvalue weighted by Crippen LogP contribution is -2.49. The number of aryl methyl sites for hydroxylation is 2. The summed E-state index contributed by atoms with van der Waals surface area (Å²) in [6.45, 7) is 4.57. The predicted molar refractivity (Wildman–Crippen MR) is 111 cm³/mol. The lowest BCUT2D eigenvalue weighted by molar-refractivity contribution is 0.381.